The molecule has 1 saturated heterocycles. The summed E-state index contributed by atoms with van der Waals surface area (Å²) in [5.74, 6) is 0.976. The molecule has 0 aliphatic carbocycles. The molecule has 1 aromatic rings. The lowest BCUT2D eigenvalue weighted by Gasteiger charge is -2.33. The van der Waals surface area contributed by atoms with Gasteiger partial charge >= 0.3 is 0 Å². The third-order valence-corrected chi connectivity index (χ3v) is 4.91. The topological polar surface area (TPSA) is 58.6 Å². The van der Waals surface area contributed by atoms with Gasteiger partial charge in [0.2, 0.25) is 5.91 Å². The van der Waals surface area contributed by atoms with E-state index in [-0.39, 0.29) is 17.9 Å². The van der Waals surface area contributed by atoms with E-state index in [0.717, 1.165) is 12.8 Å². The second-order valence-corrected chi connectivity index (χ2v) is 7.86. The van der Waals surface area contributed by atoms with Gasteiger partial charge in [0.05, 0.1) is 0 Å². The van der Waals surface area contributed by atoms with Crippen LogP contribution in [0.3, 0.4) is 0 Å². The molecule has 6 heteroatoms. The van der Waals surface area contributed by atoms with Crippen LogP contribution in [0, 0.1) is 0 Å². The van der Waals surface area contributed by atoms with Gasteiger partial charge in [-0.05, 0) is 50.3 Å². The van der Waals surface area contributed by atoms with Gasteiger partial charge in [-0.15, -0.1) is 11.6 Å². The van der Waals surface area contributed by atoms with Crippen molar-refractivity contribution in [1.82, 2.24) is 10.2 Å². The molecule has 1 aliphatic rings. The number of hydrogen-bond donors (Lipinski definition) is 1. The number of ether oxygens (including phenoxy) is 1. The van der Waals surface area contributed by atoms with E-state index in [1.807, 2.05) is 24.3 Å². The minimum Gasteiger partial charge on any atom is -0.481 e. The molecule has 0 saturated carbocycles. The summed E-state index contributed by atoms with van der Waals surface area (Å²) >= 11 is 5.85. The second-order valence-electron chi connectivity index (χ2n) is 7.21. The molecular weight excluding hydrogens is 352 g/mol. The molecule has 2 amide bonds. The third kappa shape index (κ3) is 5.63. The molecule has 0 radical (unpaired) electrons. The Kier molecular flexibility index (Phi) is 7.33. The summed E-state index contributed by atoms with van der Waals surface area (Å²) in [6, 6.07) is 7.91. The fraction of sp³-hybridized carbons (Fsp3) is 0.600. The second kappa shape index (κ2) is 9.26. The van der Waals surface area contributed by atoms with E-state index >= 15 is 0 Å². The number of carbonyl (C=O) groups excluding carboxylic acids is 2. The van der Waals surface area contributed by atoms with Gasteiger partial charge in [-0.1, -0.05) is 26.0 Å². The number of benzene rings is 1. The predicted molar refractivity (Wildman–Crippen MR) is 104 cm³/mol. The standard InChI is InChI=1S/C20H29ClN2O3/c1-13(2)16-5-7-18(8-6-16)26-15(4)19(24)22-17-9-11-23(12-10-17)20(25)14(3)21/h5-8,13-15,17H,9-12H2,1-4H3,(H,22,24). The highest BCUT2D eigenvalue weighted by molar-refractivity contribution is 6.30. The number of halogens is 1. The molecular formula is C20H29ClN2O3. The van der Waals surface area contributed by atoms with Crippen molar-refractivity contribution in [2.24, 2.45) is 0 Å². The molecule has 2 rings (SSSR count). The number of hydrogen-bond acceptors (Lipinski definition) is 3. The van der Waals surface area contributed by atoms with Crippen molar-refractivity contribution in [3.8, 4) is 5.75 Å². The van der Waals surface area contributed by atoms with Crippen LogP contribution in [0.5, 0.6) is 5.75 Å². The van der Waals surface area contributed by atoms with Gasteiger partial charge in [-0.2, -0.15) is 0 Å². The summed E-state index contributed by atoms with van der Waals surface area (Å²) in [6.45, 7) is 8.95. The van der Waals surface area contributed by atoms with Gasteiger partial charge in [0.15, 0.2) is 6.10 Å². The smallest absolute Gasteiger partial charge is 0.260 e. The summed E-state index contributed by atoms with van der Waals surface area (Å²) in [6.07, 6.45) is 0.899. The molecule has 1 N–H and O–H groups in total. The maximum atomic E-state index is 12.4. The van der Waals surface area contributed by atoms with Gasteiger partial charge in [-0.3, -0.25) is 9.59 Å². The average molecular weight is 381 g/mol. The lowest BCUT2D eigenvalue weighted by Crippen LogP contribution is -2.50. The van der Waals surface area contributed by atoms with Gasteiger partial charge in [0.25, 0.3) is 5.91 Å². The Morgan fingerprint density at radius 1 is 1.12 bits per heavy atom. The van der Waals surface area contributed by atoms with Gasteiger partial charge in [-0.25, -0.2) is 0 Å². The predicted octanol–water partition coefficient (Wildman–Crippen LogP) is 3.31. The molecule has 5 nitrogen and oxygen atoms in total. The Hall–Kier alpha value is -1.75. The number of carbonyl (C=O) groups is 2. The number of rotatable bonds is 6. The van der Waals surface area contributed by atoms with Gasteiger partial charge in [0.1, 0.15) is 11.1 Å². The monoisotopic (exact) mass is 380 g/mol. The third-order valence-electron chi connectivity index (χ3n) is 4.72. The summed E-state index contributed by atoms with van der Waals surface area (Å²) in [7, 11) is 0. The zero-order valence-corrected chi connectivity index (χ0v) is 16.8. The summed E-state index contributed by atoms with van der Waals surface area (Å²) in [5.41, 5.74) is 1.24. The summed E-state index contributed by atoms with van der Waals surface area (Å²) < 4.78 is 5.75. The lowest BCUT2D eigenvalue weighted by molar-refractivity contribution is -0.132. The maximum absolute atomic E-state index is 12.4. The molecule has 2 atom stereocenters. The van der Waals surface area contributed by atoms with Crippen LogP contribution in [0.1, 0.15) is 52.0 Å². The van der Waals surface area contributed by atoms with Crippen molar-refractivity contribution in [2.75, 3.05) is 13.1 Å². The number of likely N-dealkylation sites (tertiary alicyclic amines) is 1. The fourth-order valence-corrected chi connectivity index (χ4v) is 3.14. The maximum Gasteiger partial charge on any atom is 0.260 e. The summed E-state index contributed by atoms with van der Waals surface area (Å²) in [4.78, 5) is 26.0. The van der Waals surface area contributed by atoms with Crippen LogP contribution in [-0.2, 0) is 9.59 Å². The highest BCUT2D eigenvalue weighted by Gasteiger charge is 2.27. The fourth-order valence-electron chi connectivity index (χ4n) is 3.00. The molecule has 1 aliphatic heterocycles. The van der Waals surface area contributed by atoms with Crippen molar-refractivity contribution in [1.29, 1.82) is 0 Å². The van der Waals surface area contributed by atoms with Crippen molar-refractivity contribution < 1.29 is 14.3 Å². The van der Waals surface area contributed by atoms with E-state index in [1.165, 1.54) is 5.56 Å². The Balaban J connectivity index is 1.79. The first-order valence-electron chi connectivity index (χ1n) is 9.27. The highest BCUT2D eigenvalue weighted by Crippen LogP contribution is 2.20. The number of amides is 2. The van der Waals surface area contributed by atoms with Crippen LogP contribution in [0.4, 0.5) is 0 Å². The number of alkyl halides is 1. The molecule has 1 heterocycles. The van der Waals surface area contributed by atoms with Crippen LogP contribution in [0.25, 0.3) is 0 Å². The zero-order chi connectivity index (χ0) is 19.3. The molecule has 2 unspecified atom stereocenters. The van der Waals surface area contributed by atoms with Crippen LogP contribution in [0.15, 0.2) is 24.3 Å². The molecule has 0 spiro atoms. The van der Waals surface area contributed by atoms with Crippen molar-refractivity contribution in [3.63, 3.8) is 0 Å². The number of nitrogens with one attached hydrogen (secondary N) is 1. The van der Waals surface area contributed by atoms with Crippen LogP contribution in [-0.4, -0.2) is 47.3 Å². The zero-order valence-electron chi connectivity index (χ0n) is 16.0. The first-order valence-corrected chi connectivity index (χ1v) is 9.71. The van der Waals surface area contributed by atoms with Crippen LogP contribution >= 0.6 is 11.6 Å². The largest absolute Gasteiger partial charge is 0.481 e. The highest BCUT2D eigenvalue weighted by atomic mass is 35.5. The molecule has 26 heavy (non-hydrogen) atoms. The van der Waals surface area contributed by atoms with E-state index in [4.69, 9.17) is 16.3 Å². The quantitative estimate of drug-likeness (QED) is 0.770. The van der Waals surface area contributed by atoms with E-state index in [2.05, 4.69) is 19.2 Å². The molecule has 1 aromatic carbocycles. The van der Waals surface area contributed by atoms with Crippen molar-refractivity contribution in [2.45, 2.75) is 64.0 Å². The lowest BCUT2D eigenvalue weighted by atomic mass is 10.0. The van der Waals surface area contributed by atoms with Gasteiger partial charge < -0.3 is 15.0 Å². The molecule has 0 aromatic heterocycles. The minimum atomic E-state index is -0.567. The number of nitrogens with zero attached hydrogens (tertiary/aromatic N) is 1. The average Bonchev–Trinajstić information content (AvgIpc) is 2.62. The molecule has 144 valence electrons. The Bertz CT molecular complexity index is 608. The molecule has 0 bridgehead atoms. The van der Waals surface area contributed by atoms with Crippen LogP contribution < -0.4 is 10.1 Å². The van der Waals surface area contributed by atoms with Gasteiger partial charge in [0, 0.05) is 19.1 Å². The van der Waals surface area contributed by atoms with Crippen LogP contribution in [0.2, 0.25) is 0 Å². The number of piperidine rings is 1. The first-order chi connectivity index (χ1) is 12.3. The Labute approximate surface area is 161 Å². The Morgan fingerprint density at radius 2 is 1.69 bits per heavy atom. The normalized spacial score (nSPS) is 17.7. The van der Waals surface area contributed by atoms with E-state index in [9.17, 15) is 9.59 Å². The van der Waals surface area contributed by atoms with E-state index < -0.39 is 11.5 Å². The summed E-state index contributed by atoms with van der Waals surface area (Å²) in [5, 5.41) is 2.52. The molecule has 1 fully saturated rings. The van der Waals surface area contributed by atoms with Crippen molar-refractivity contribution >= 4 is 23.4 Å². The minimum absolute atomic E-state index is 0.0435. The Morgan fingerprint density at radius 3 is 2.19 bits per heavy atom. The van der Waals surface area contributed by atoms with Crippen molar-refractivity contribution in [3.05, 3.63) is 29.8 Å². The SMILES string of the molecule is CC(Cl)C(=O)N1CCC(NC(=O)C(C)Oc2ccc(C(C)C)cc2)CC1. The van der Waals surface area contributed by atoms with E-state index in [1.54, 1.807) is 18.7 Å². The van der Waals surface area contributed by atoms with E-state index in [0.29, 0.717) is 24.8 Å². The first kappa shape index (κ1) is 20.6.